The summed E-state index contributed by atoms with van der Waals surface area (Å²) in [6, 6.07) is 15.5. The molecule has 0 fully saturated rings. The van der Waals surface area contributed by atoms with Crippen LogP contribution >= 0.6 is 11.3 Å². The standard InChI is InChI=1S/C20H20N2O2S/c1-14-9-10-15(2)18(11-14)24-12-19(23)22(17-7-5-4-6-8-17)20-21-16(3)13-25-20/h4-11,13H,12H2,1-3H3. The van der Waals surface area contributed by atoms with Crippen molar-refractivity contribution < 1.29 is 9.53 Å². The molecule has 0 N–H and O–H groups in total. The zero-order chi connectivity index (χ0) is 17.8. The van der Waals surface area contributed by atoms with Crippen LogP contribution in [0, 0.1) is 20.8 Å². The molecule has 0 aliphatic heterocycles. The van der Waals surface area contributed by atoms with Crippen LogP contribution in [0.3, 0.4) is 0 Å². The number of aromatic nitrogens is 1. The van der Waals surface area contributed by atoms with E-state index in [-0.39, 0.29) is 12.5 Å². The van der Waals surface area contributed by atoms with E-state index in [4.69, 9.17) is 4.74 Å². The molecule has 0 saturated heterocycles. The van der Waals surface area contributed by atoms with Crippen molar-refractivity contribution in [1.29, 1.82) is 0 Å². The third-order valence-electron chi connectivity index (χ3n) is 3.76. The molecule has 25 heavy (non-hydrogen) atoms. The van der Waals surface area contributed by atoms with Crippen molar-refractivity contribution in [2.75, 3.05) is 11.5 Å². The summed E-state index contributed by atoms with van der Waals surface area (Å²) >= 11 is 1.45. The molecule has 3 rings (SSSR count). The maximum atomic E-state index is 12.9. The summed E-state index contributed by atoms with van der Waals surface area (Å²) in [5.41, 5.74) is 3.79. The third kappa shape index (κ3) is 4.06. The van der Waals surface area contributed by atoms with E-state index in [1.807, 2.05) is 74.7 Å². The maximum Gasteiger partial charge on any atom is 0.271 e. The minimum absolute atomic E-state index is 0.0438. The van der Waals surface area contributed by atoms with Crippen molar-refractivity contribution in [1.82, 2.24) is 4.98 Å². The van der Waals surface area contributed by atoms with Crippen LogP contribution in [-0.4, -0.2) is 17.5 Å². The van der Waals surface area contributed by atoms with Crippen molar-refractivity contribution in [3.05, 3.63) is 70.7 Å². The number of ether oxygens (including phenoxy) is 1. The van der Waals surface area contributed by atoms with Crippen LogP contribution in [-0.2, 0) is 4.79 Å². The number of nitrogens with zero attached hydrogens (tertiary/aromatic N) is 2. The number of hydrogen-bond acceptors (Lipinski definition) is 4. The van der Waals surface area contributed by atoms with E-state index in [0.29, 0.717) is 5.13 Å². The number of carbonyl (C=O) groups excluding carboxylic acids is 1. The molecule has 0 spiro atoms. The average molecular weight is 352 g/mol. The highest BCUT2D eigenvalue weighted by molar-refractivity contribution is 7.14. The second-order valence-corrected chi connectivity index (χ2v) is 6.73. The van der Waals surface area contributed by atoms with Gasteiger partial charge in [-0.15, -0.1) is 11.3 Å². The number of rotatable bonds is 5. The summed E-state index contributed by atoms with van der Waals surface area (Å²) < 4.78 is 5.80. The van der Waals surface area contributed by atoms with Crippen LogP contribution in [0.1, 0.15) is 16.8 Å². The van der Waals surface area contributed by atoms with Gasteiger partial charge in [0.2, 0.25) is 0 Å². The van der Waals surface area contributed by atoms with Crippen LogP contribution in [0.25, 0.3) is 0 Å². The first kappa shape index (κ1) is 17.2. The van der Waals surface area contributed by atoms with Crippen molar-refractivity contribution in [2.24, 2.45) is 0 Å². The average Bonchev–Trinajstić information content (AvgIpc) is 3.03. The van der Waals surface area contributed by atoms with Gasteiger partial charge in [0.25, 0.3) is 5.91 Å². The molecule has 128 valence electrons. The predicted molar refractivity (Wildman–Crippen MR) is 102 cm³/mol. The molecule has 1 amide bonds. The topological polar surface area (TPSA) is 42.4 Å². The van der Waals surface area contributed by atoms with Gasteiger partial charge in [-0.2, -0.15) is 0 Å². The van der Waals surface area contributed by atoms with Gasteiger partial charge in [0, 0.05) is 5.38 Å². The number of amides is 1. The monoisotopic (exact) mass is 352 g/mol. The molecule has 0 bridgehead atoms. The zero-order valence-electron chi connectivity index (χ0n) is 14.5. The van der Waals surface area contributed by atoms with Gasteiger partial charge in [0.1, 0.15) is 5.75 Å². The molecule has 0 aliphatic rings. The van der Waals surface area contributed by atoms with Gasteiger partial charge in [0.15, 0.2) is 11.7 Å². The maximum absolute atomic E-state index is 12.9. The number of thiazole rings is 1. The first-order chi connectivity index (χ1) is 12.0. The van der Waals surface area contributed by atoms with Crippen molar-refractivity contribution >= 4 is 28.1 Å². The summed E-state index contributed by atoms with van der Waals surface area (Å²) in [4.78, 5) is 19.0. The Morgan fingerprint density at radius 2 is 1.88 bits per heavy atom. The summed E-state index contributed by atoms with van der Waals surface area (Å²) in [5, 5.41) is 2.59. The van der Waals surface area contributed by atoms with Gasteiger partial charge in [-0.25, -0.2) is 4.98 Å². The highest BCUT2D eigenvalue weighted by Crippen LogP contribution is 2.29. The van der Waals surface area contributed by atoms with Crippen molar-refractivity contribution in [3.63, 3.8) is 0 Å². The molecule has 3 aromatic rings. The van der Waals surface area contributed by atoms with Crippen LogP contribution in [0.2, 0.25) is 0 Å². The number of aryl methyl sites for hydroxylation is 3. The smallest absolute Gasteiger partial charge is 0.271 e. The highest BCUT2D eigenvalue weighted by Gasteiger charge is 2.21. The molecule has 2 aromatic carbocycles. The third-order valence-corrected chi connectivity index (χ3v) is 4.70. The summed E-state index contributed by atoms with van der Waals surface area (Å²) in [6.45, 7) is 5.85. The fourth-order valence-corrected chi connectivity index (χ4v) is 3.29. The molecule has 0 saturated carbocycles. The molecule has 0 aliphatic carbocycles. The SMILES string of the molecule is Cc1ccc(C)c(OCC(=O)N(c2ccccc2)c2nc(C)cs2)c1. The molecule has 1 aromatic heterocycles. The number of carbonyl (C=O) groups is 1. The van der Waals surface area contributed by atoms with E-state index in [1.165, 1.54) is 11.3 Å². The van der Waals surface area contributed by atoms with Crippen LogP contribution in [0.15, 0.2) is 53.9 Å². The van der Waals surface area contributed by atoms with Gasteiger partial charge in [-0.05, 0) is 50.1 Å². The van der Waals surface area contributed by atoms with E-state index >= 15 is 0 Å². The lowest BCUT2D eigenvalue weighted by Crippen LogP contribution is -2.31. The van der Waals surface area contributed by atoms with E-state index in [0.717, 1.165) is 28.3 Å². The normalized spacial score (nSPS) is 10.5. The minimum Gasteiger partial charge on any atom is -0.483 e. The van der Waals surface area contributed by atoms with Crippen molar-refractivity contribution in [2.45, 2.75) is 20.8 Å². The summed E-state index contributed by atoms with van der Waals surface area (Å²) in [6.07, 6.45) is 0. The lowest BCUT2D eigenvalue weighted by molar-refractivity contribution is -0.119. The Bertz CT molecular complexity index is 874. The molecule has 0 unspecified atom stereocenters. The summed E-state index contributed by atoms with van der Waals surface area (Å²) in [7, 11) is 0. The molecule has 0 atom stereocenters. The van der Waals surface area contributed by atoms with E-state index in [1.54, 1.807) is 4.90 Å². The Morgan fingerprint density at radius 1 is 1.12 bits per heavy atom. The molecular weight excluding hydrogens is 332 g/mol. The quantitative estimate of drug-likeness (QED) is 0.661. The largest absolute Gasteiger partial charge is 0.483 e. The number of anilines is 2. The molecule has 5 heteroatoms. The van der Waals surface area contributed by atoms with E-state index in [2.05, 4.69) is 4.98 Å². The van der Waals surface area contributed by atoms with E-state index < -0.39 is 0 Å². The van der Waals surface area contributed by atoms with Gasteiger partial charge in [0.05, 0.1) is 11.4 Å². The first-order valence-electron chi connectivity index (χ1n) is 8.05. The highest BCUT2D eigenvalue weighted by atomic mass is 32.1. The van der Waals surface area contributed by atoms with Gasteiger partial charge in [-0.1, -0.05) is 30.3 Å². The van der Waals surface area contributed by atoms with Crippen LogP contribution in [0.5, 0.6) is 5.75 Å². The Kier molecular flexibility index (Phi) is 5.14. The fraction of sp³-hybridized carbons (Fsp3) is 0.200. The van der Waals surface area contributed by atoms with Gasteiger partial charge >= 0.3 is 0 Å². The van der Waals surface area contributed by atoms with Gasteiger partial charge < -0.3 is 4.74 Å². The minimum atomic E-state index is -0.151. The lowest BCUT2D eigenvalue weighted by atomic mass is 10.1. The Labute approximate surface area is 151 Å². The zero-order valence-corrected chi connectivity index (χ0v) is 15.3. The molecular formula is C20H20N2O2S. The molecule has 0 radical (unpaired) electrons. The number of benzene rings is 2. The Hall–Kier alpha value is -2.66. The first-order valence-corrected chi connectivity index (χ1v) is 8.93. The lowest BCUT2D eigenvalue weighted by Gasteiger charge is -2.20. The Morgan fingerprint density at radius 3 is 2.56 bits per heavy atom. The molecule has 4 nitrogen and oxygen atoms in total. The fourth-order valence-electron chi connectivity index (χ4n) is 2.45. The second-order valence-electron chi connectivity index (χ2n) is 5.89. The van der Waals surface area contributed by atoms with Crippen molar-refractivity contribution in [3.8, 4) is 5.75 Å². The number of para-hydroxylation sites is 1. The van der Waals surface area contributed by atoms with Crippen LogP contribution < -0.4 is 9.64 Å². The van der Waals surface area contributed by atoms with Gasteiger partial charge in [-0.3, -0.25) is 9.69 Å². The Balaban J connectivity index is 1.83. The van der Waals surface area contributed by atoms with E-state index in [9.17, 15) is 4.79 Å². The summed E-state index contributed by atoms with van der Waals surface area (Å²) in [5.74, 6) is 0.582. The second kappa shape index (κ2) is 7.49. The number of hydrogen-bond donors (Lipinski definition) is 0. The predicted octanol–water partition coefficient (Wildman–Crippen LogP) is 4.81. The van der Waals surface area contributed by atoms with Crippen LogP contribution in [0.4, 0.5) is 10.8 Å². The molecule has 1 heterocycles.